The molecule has 1 aromatic heterocycles. The maximum Gasteiger partial charge on any atom is 0.305 e. The molecule has 1 heterocycles. The molecule has 0 aliphatic heterocycles. The lowest BCUT2D eigenvalue weighted by Gasteiger charge is -2.15. The topological polar surface area (TPSA) is 93.5 Å². The van der Waals surface area contributed by atoms with Gasteiger partial charge < -0.3 is 15.2 Å². The number of amides is 1. The molecular formula is C16H19N3O4. The number of methoxy groups -OCH3 is 1. The largest absolute Gasteiger partial charge is 0.497 e. The van der Waals surface area contributed by atoms with Crippen LogP contribution in [0.15, 0.2) is 36.5 Å². The van der Waals surface area contributed by atoms with Gasteiger partial charge in [-0.25, -0.2) is 0 Å². The summed E-state index contributed by atoms with van der Waals surface area (Å²) in [6.07, 6.45) is 1.39. The molecule has 7 heteroatoms. The monoisotopic (exact) mass is 317 g/mol. The number of nitrogens with one attached hydrogen (secondary N) is 1. The Hall–Kier alpha value is -2.83. The summed E-state index contributed by atoms with van der Waals surface area (Å²) in [5, 5.41) is 15.6. The van der Waals surface area contributed by atoms with Gasteiger partial charge in [-0.1, -0.05) is 12.1 Å². The van der Waals surface area contributed by atoms with E-state index >= 15 is 0 Å². The fourth-order valence-corrected chi connectivity index (χ4v) is 2.15. The predicted molar refractivity (Wildman–Crippen MR) is 83.4 cm³/mol. The molecule has 2 N–H and O–H groups in total. The summed E-state index contributed by atoms with van der Waals surface area (Å²) in [6.45, 7) is 2.03. The first-order valence-corrected chi connectivity index (χ1v) is 7.19. The average Bonchev–Trinajstić information content (AvgIpc) is 3.01. The second kappa shape index (κ2) is 7.44. The van der Waals surface area contributed by atoms with Gasteiger partial charge in [0.1, 0.15) is 11.4 Å². The number of aryl methyl sites for hydroxylation is 1. The Labute approximate surface area is 133 Å². The molecule has 0 spiro atoms. The highest BCUT2D eigenvalue weighted by Gasteiger charge is 2.16. The Bertz CT molecular complexity index is 679. The fraction of sp³-hybridized carbons (Fsp3) is 0.312. The van der Waals surface area contributed by atoms with E-state index in [0.717, 1.165) is 11.3 Å². The van der Waals surface area contributed by atoms with Gasteiger partial charge in [0.2, 0.25) is 0 Å². The molecule has 0 saturated carbocycles. The molecule has 1 atom stereocenters. The third kappa shape index (κ3) is 4.32. The van der Waals surface area contributed by atoms with E-state index in [1.165, 1.54) is 10.9 Å². The zero-order valence-corrected chi connectivity index (χ0v) is 13.0. The minimum absolute atomic E-state index is 0.0873. The van der Waals surface area contributed by atoms with Gasteiger partial charge in [0, 0.05) is 6.20 Å². The predicted octanol–water partition coefficient (Wildman–Crippen LogP) is 1.86. The first-order chi connectivity index (χ1) is 11.0. The van der Waals surface area contributed by atoms with E-state index in [1.807, 2.05) is 31.2 Å². The van der Waals surface area contributed by atoms with Gasteiger partial charge in [-0.05, 0) is 30.7 Å². The zero-order chi connectivity index (χ0) is 16.8. The van der Waals surface area contributed by atoms with Crippen LogP contribution in [0.25, 0.3) is 0 Å². The Morgan fingerprint density at radius 2 is 2.00 bits per heavy atom. The molecular weight excluding hydrogens is 298 g/mol. The number of carboxylic acids is 1. The molecule has 0 aliphatic rings. The van der Waals surface area contributed by atoms with Crippen molar-refractivity contribution in [3.8, 4) is 5.75 Å². The van der Waals surface area contributed by atoms with Crippen molar-refractivity contribution in [3.63, 3.8) is 0 Å². The number of nitrogens with zero attached hydrogens (tertiary/aromatic N) is 2. The Morgan fingerprint density at radius 1 is 1.30 bits per heavy atom. The normalized spacial score (nSPS) is 11.7. The molecule has 0 fully saturated rings. The van der Waals surface area contributed by atoms with Crippen molar-refractivity contribution in [1.82, 2.24) is 15.1 Å². The van der Waals surface area contributed by atoms with Crippen molar-refractivity contribution in [1.29, 1.82) is 0 Å². The van der Waals surface area contributed by atoms with E-state index < -0.39 is 5.97 Å². The molecule has 1 amide bonds. The summed E-state index contributed by atoms with van der Waals surface area (Å²) < 4.78 is 6.50. The van der Waals surface area contributed by atoms with E-state index in [4.69, 9.17) is 9.84 Å². The van der Waals surface area contributed by atoms with E-state index in [0.29, 0.717) is 5.69 Å². The molecule has 2 rings (SSSR count). The summed E-state index contributed by atoms with van der Waals surface area (Å²) in [5.41, 5.74) is 1.28. The number of hydrogen-bond donors (Lipinski definition) is 2. The van der Waals surface area contributed by atoms with Crippen LogP contribution in [-0.2, 0) is 11.3 Å². The maximum atomic E-state index is 12.3. The van der Waals surface area contributed by atoms with Crippen LogP contribution in [-0.4, -0.2) is 33.9 Å². The van der Waals surface area contributed by atoms with Gasteiger partial charge in [-0.3, -0.25) is 14.3 Å². The van der Waals surface area contributed by atoms with E-state index in [-0.39, 0.29) is 24.9 Å². The van der Waals surface area contributed by atoms with Crippen LogP contribution in [0, 0.1) is 0 Å². The number of hydrogen-bond acceptors (Lipinski definition) is 4. The summed E-state index contributed by atoms with van der Waals surface area (Å²) in [5.74, 6) is -0.478. The van der Waals surface area contributed by atoms with Crippen molar-refractivity contribution < 1.29 is 19.4 Å². The highest BCUT2D eigenvalue weighted by atomic mass is 16.5. The van der Waals surface area contributed by atoms with Crippen LogP contribution in [0.4, 0.5) is 0 Å². The van der Waals surface area contributed by atoms with Gasteiger partial charge in [-0.15, -0.1) is 0 Å². The van der Waals surface area contributed by atoms with Crippen molar-refractivity contribution in [3.05, 3.63) is 47.8 Å². The van der Waals surface area contributed by atoms with E-state index in [9.17, 15) is 9.59 Å². The van der Waals surface area contributed by atoms with E-state index in [1.54, 1.807) is 13.2 Å². The number of rotatable bonds is 7. The van der Waals surface area contributed by atoms with E-state index in [2.05, 4.69) is 10.4 Å². The highest BCUT2D eigenvalue weighted by molar-refractivity contribution is 5.92. The quantitative estimate of drug-likeness (QED) is 0.813. The summed E-state index contributed by atoms with van der Waals surface area (Å²) >= 11 is 0. The molecule has 0 saturated heterocycles. The van der Waals surface area contributed by atoms with Crippen molar-refractivity contribution in [2.45, 2.75) is 25.9 Å². The lowest BCUT2D eigenvalue weighted by Crippen LogP contribution is -2.29. The maximum absolute atomic E-state index is 12.3. The van der Waals surface area contributed by atoms with Crippen molar-refractivity contribution in [2.24, 2.45) is 0 Å². The summed E-state index contributed by atoms with van der Waals surface area (Å²) in [7, 11) is 1.60. The number of carbonyl (C=O) groups is 2. The van der Waals surface area contributed by atoms with Crippen molar-refractivity contribution >= 4 is 11.9 Å². The molecule has 0 aliphatic carbocycles. The number of carbonyl (C=O) groups excluding carboxylic acids is 1. The first-order valence-electron chi connectivity index (χ1n) is 7.19. The molecule has 1 unspecified atom stereocenters. The van der Waals surface area contributed by atoms with Gasteiger partial charge >= 0.3 is 5.97 Å². The average molecular weight is 317 g/mol. The first kappa shape index (κ1) is 16.5. The van der Waals surface area contributed by atoms with Crippen LogP contribution in [0.5, 0.6) is 5.75 Å². The molecule has 122 valence electrons. The molecule has 2 aromatic rings. The third-order valence-corrected chi connectivity index (χ3v) is 3.45. The fourth-order valence-electron chi connectivity index (χ4n) is 2.15. The highest BCUT2D eigenvalue weighted by Crippen LogP contribution is 2.17. The number of ether oxygens (including phenoxy) is 1. The van der Waals surface area contributed by atoms with Crippen LogP contribution in [0.1, 0.15) is 35.4 Å². The standard InChI is InChI=1S/C16H19N3O4/c1-11(12-3-5-13(23-2)6-4-12)18-16(22)14-7-9-17-19(14)10-8-15(20)21/h3-7,9,11H,8,10H2,1-2H3,(H,18,22)(H,20,21). The summed E-state index contributed by atoms with van der Waals surface area (Å²) in [4.78, 5) is 23.0. The van der Waals surface area contributed by atoms with Gasteiger partial charge in [0.15, 0.2) is 0 Å². The van der Waals surface area contributed by atoms with Gasteiger partial charge in [-0.2, -0.15) is 5.10 Å². The summed E-state index contributed by atoms with van der Waals surface area (Å²) in [6, 6.07) is 8.79. The minimum Gasteiger partial charge on any atom is -0.497 e. The Balaban J connectivity index is 2.03. The second-order valence-corrected chi connectivity index (χ2v) is 5.05. The smallest absolute Gasteiger partial charge is 0.305 e. The van der Waals surface area contributed by atoms with Gasteiger partial charge in [0.05, 0.1) is 26.1 Å². The van der Waals surface area contributed by atoms with Gasteiger partial charge in [0.25, 0.3) is 5.91 Å². The van der Waals surface area contributed by atoms with Crippen LogP contribution < -0.4 is 10.1 Å². The molecule has 7 nitrogen and oxygen atoms in total. The Kier molecular flexibility index (Phi) is 5.35. The zero-order valence-electron chi connectivity index (χ0n) is 13.0. The molecule has 0 radical (unpaired) electrons. The molecule has 0 bridgehead atoms. The Morgan fingerprint density at radius 3 is 2.61 bits per heavy atom. The van der Waals surface area contributed by atoms with Crippen LogP contribution in [0.3, 0.4) is 0 Å². The van der Waals surface area contributed by atoms with Crippen LogP contribution >= 0.6 is 0 Å². The number of aromatic nitrogens is 2. The number of carboxylic acid groups (broad SMARTS) is 1. The third-order valence-electron chi connectivity index (χ3n) is 3.45. The number of aliphatic carboxylic acids is 1. The minimum atomic E-state index is -0.932. The number of benzene rings is 1. The second-order valence-electron chi connectivity index (χ2n) is 5.05. The van der Waals surface area contributed by atoms with Crippen LogP contribution in [0.2, 0.25) is 0 Å². The lowest BCUT2D eigenvalue weighted by molar-refractivity contribution is -0.137. The SMILES string of the molecule is COc1ccc(C(C)NC(=O)c2ccnn2CCC(=O)O)cc1. The van der Waals surface area contributed by atoms with Crippen molar-refractivity contribution in [2.75, 3.05) is 7.11 Å². The molecule has 23 heavy (non-hydrogen) atoms. The lowest BCUT2D eigenvalue weighted by atomic mass is 10.1. The molecule has 1 aromatic carbocycles.